The smallest absolute Gasteiger partial charge is 0.130 e. The number of aryl methyl sites for hydroxylation is 2. The molecule has 0 amide bonds. The van der Waals surface area contributed by atoms with Crippen molar-refractivity contribution in [3.8, 4) is 5.75 Å². The molecule has 140 valence electrons. The summed E-state index contributed by atoms with van der Waals surface area (Å²) in [5.74, 6) is 1.06. The zero-order valence-electron chi connectivity index (χ0n) is 16.6. The highest BCUT2D eigenvalue weighted by Gasteiger charge is 2.05. The highest BCUT2D eigenvalue weighted by molar-refractivity contribution is 5.82. The number of rotatable bonds is 7. The molecule has 3 rings (SSSR count). The topological polar surface area (TPSA) is 42.1 Å². The van der Waals surface area contributed by atoms with E-state index in [1.807, 2.05) is 18.2 Å². The van der Waals surface area contributed by atoms with Crippen LogP contribution in [0.5, 0.6) is 5.75 Å². The number of fused-ring (bicyclic) bond motifs is 1. The molecule has 0 unspecified atom stereocenters. The summed E-state index contributed by atoms with van der Waals surface area (Å²) in [7, 11) is 0. The van der Waals surface area contributed by atoms with Crippen molar-refractivity contribution in [3.63, 3.8) is 0 Å². The van der Waals surface area contributed by atoms with Gasteiger partial charge < -0.3 is 14.5 Å². The quantitative estimate of drug-likeness (QED) is 0.561. The number of Topliss-reactive ketones (excluding diaryl/α,β-unsaturated/α-hetero) is 1. The Hall–Kier alpha value is -2.81. The van der Waals surface area contributed by atoms with Crippen LogP contribution in [0.15, 0.2) is 48.0 Å². The fourth-order valence-corrected chi connectivity index (χ4v) is 3.17. The molecule has 0 saturated heterocycles. The van der Waals surface area contributed by atoms with Crippen LogP contribution in [-0.2, 0) is 17.8 Å². The molecule has 3 aromatic rings. The van der Waals surface area contributed by atoms with Crippen molar-refractivity contribution in [2.24, 2.45) is 0 Å². The lowest BCUT2D eigenvalue weighted by molar-refractivity contribution is -0.116. The maximum absolute atomic E-state index is 11.2. The van der Waals surface area contributed by atoms with Crippen LogP contribution in [0.4, 0.5) is 0 Å². The number of hydrogen-bond acceptors (Lipinski definition) is 2. The number of ketones is 1. The van der Waals surface area contributed by atoms with Gasteiger partial charge in [0.15, 0.2) is 0 Å². The number of aromatic amines is 1. The molecule has 0 atom stereocenters. The third-order valence-corrected chi connectivity index (χ3v) is 4.58. The second-order valence-corrected chi connectivity index (χ2v) is 7.45. The first-order valence-electron chi connectivity index (χ1n) is 9.39. The lowest BCUT2D eigenvalue weighted by Crippen LogP contribution is -1.96. The van der Waals surface area contributed by atoms with Crippen LogP contribution in [-0.4, -0.2) is 10.8 Å². The van der Waals surface area contributed by atoms with Crippen LogP contribution in [0.2, 0.25) is 0 Å². The number of H-pyrrole nitrogens is 1. The van der Waals surface area contributed by atoms with Crippen LogP contribution in [0.3, 0.4) is 0 Å². The van der Waals surface area contributed by atoms with Gasteiger partial charge in [-0.15, -0.1) is 0 Å². The Morgan fingerprint density at radius 2 is 1.89 bits per heavy atom. The third-order valence-electron chi connectivity index (χ3n) is 4.58. The summed E-state index contributed by atoms with van der Waals surface area (Å²) in [5, 5.41) is 1.11. The van der Waals surface area contributed by atoms with Gasteiger partial charge in [-0.2, -0.15) is 0 Å². The molecule has 1 N–H and O–H groups in total. The number of ether oxygens (including phenoxy) is 1. The average molecular weight is 361 g/mol. The first-order valence-corrected chi connectivity index (χ1v) is 9.39. The molecule has 27 heavy (non-hydrogen) atoms. The SMILES string of the molecule is CC(=O)CCc1cc2cc(OCc3ccc(C=C(C)C)c(C)c3)ccc2[nH]1. The van der Waals surface area contributed by atoms with Gasteiger partial charge in [0.2, 0.25) is 0 Å². The molecule has 1 aromatic heterocycles. The van der Waals surface area contributed by atoms with Gasteiger partial charge in [0.05, 0.1) is 0 Å². The number of aromatic nitrogens is 1. The monoisotopic (exact) mass is 361 g/mol. The van der Waals surface area contributed by atoms with Crippen LogP contribution in [0, 0.1) is 6.92 Å². The van der Waals surface area contributed by atoms with Crippen molar-refractivity contribution < 1.29 is 9.53 Å². The van der Waals surface area contributed by atoms with Crippen molar-refractivity contribution in [2.75, 3.05) is 0 Å². The van der Waals surface area contributed by atoms with E-state index >= 15 is 0 Å². The Balaban J connectivity index is 1.68. The molecule has 3 nitrogen and oxygen atoms in total. The second kappa shape index (κ2) is 8.26. The number of allylic oxidation sites excluding steroid dienone is 1. The molecule has 0 radical (unpaired) electrons. The molecule has 3 heteroatoms. The van der Waals surface area contributed by atoms with Crippen molar-refractivity contribution >= 4 is 22.8 Å². The van der Waals surface area contributed by atoms with Gasteiger partial charge in [0.25, 0.3) is 0 Å². The minimum atomic E-state index is 0.212. The molecule has 0 bridgehead atoms. The lowest BCUT2D eigenvalue weighted by atomic mass is 10.0. The Morgan fingerprint density at radius 1 is 1.07 bits per heavy atom. The molecule has 2 aromatic carbocycles. The Morgan fingerprint density at radius 3 is 2.59 bits per heavy atom. The third kappa shape index (κ3) is 5.10. The summed E-state index contributed by atoms with van der Waals surface area (Å²) in [6.07, 6.45) is 3.51. The van der Waals surface area contributed by atoms with Crippen LogP contribution in [0.25, 0.3) is 17.0 Å². The van der Waals surface area contributed by atoms with Gasteiger partial charge in [-0.05, 0) is 75.1 Å². The molecule has 0 spiro atoms. The van der Waals surface area contributed by atoms with E-state index in [-0.39, 0.29) is 5.78 Å². The predicted octanol–water partition coefficient (Wildman–Crippen LogP) is 6.00. The Kier molecular flexibility index (Phi) is 5.80. The fourth-order valence-electron chi connectivity index (χ4n) is 3.17. The van der Waals surface area contributed by atoms with E-state index in [4.69, 9.17) is 4.74 Å². The maximum Gasteiger partial charge on any atom is 0.130 e. The van der Waals surface area contributed by atoms with E-state index in [0.29, 0.717) is 13.0 Å². The predicted molar refractivity (Wildman–Crippen MR) is 112 cm³/mol. The van der Waals surface area contributed by atoms with Crippen molar-refractivity contribution in [2.45, 2.75) is 47.1 Å². The molecule has 0 saturated carbocycles. The van der Waals surface area contributed by atoms with Gasteiger partial charge >= 0.3 is 0 Å². The first-order chi connectivity index (χ1) is 12.9. The van der Waals surface area contributed by atoms with Crippen molar-refractivity contribution in [3.05, 3.63) is 70.4 Å². The zero-order chi connectivity index (χ0) is 19.4. The normalized spacial score (nSPS) is 10.8. The number of benzene rings is 2. The van der Waals surface area contributed by atoms with Gasteiger partial charge in [0.1, 0.15) is 18.1 Å². The van der Waals surface area contributed by atoms with Gasteiger partial charge in [-0.25, -0.2) is 0 Å². The highest BCUT2D eigenvalue weighted by atomic mass is 16.5. The van der Waals surface area contributed by atoms with Crippen molar-refractivity contribution in [1.82, 2.24) is 4.98 Å². The summed E-state index contributed by atoms with van der Waals surface area (Å²) in [6, 6.07) is 14.6. The van der Waals surface area contributed by atoms with Gasteiger partial charge in [0, 0.05) is 23.0 Å². The van der Waals surface area contributed by atoms with Gasteiger partial charge in [-0.3, -0.25) is 0 Å². The molecule has 0 aliphatic rings. The number of carbonyl (C=O) groups excluding carboxylic acids is 1. The minimum absolute atomic E-state index is 0.212. The Bertz CT molecular complexity index is 991. The van der Waals surface area contributed by atoms with Crippen molar-refractivity contribution in [1.29, 1.82) is 0 Å². The standard InChI is InChI=1S/C24H27NO2/c1-16(2)11-20-7-6-19(12-17(20)3)15-27-23-9-10-24-21(14-23)13-22(25-24)8-5-18(4)26/h6-7,9-14,25H,5,8,15H2,1-4H3. The fraction of sp³-hybridized carbons (Fsp3) is 0.292. The van der Waals surface area contributed by atoms with E-state index in [9.17, 15) is 4.79 Å². The zero-order valence-corrected chi connectivity index (χ0v) is 16.6. The summed E-state index contributed by atoms with van der Waals surface area (Å²) >= 11 is 0. The highest BCUT2D eigenvalue weighted by Crippen LogP contribution is 2.23. The largest absolute Gasteiger partial charge is 0.489 e. The van der Waals surface area contributed by atoms with Crippen LogP contribution >= 0.6 is 0 Å². The summed E-state index contributed by atoms with van der Waals surface area (Å²) < 4.78 is 6.00. The molecular formula is C24H27NO2. The maximum atomic E-state index is 11.2. The molecule has 0 fully saturated rings. The lowest BCUT2D eigenvalue weighted by Gasteiger charge is -2.09. The molecule has 0 aliphatic carbocycles. The first kappa shape index (κ1) is 19.0. The molecule has 1 heterocycles. The summed E-state index contributed by atoms with van der Waals surface area (Å²) in [5.41, 5.74) is 7.13. The van der Waals surface area contributed by atoms with Gasteiger partial charge in [-0.1, -0.05) is 29.8 Å². The van der Waals surface area contributed by atoms with E-state index in [2.05, 4.69) is 56.1 Å². The minimum Gasteiger partial charge on any atom is -0.489 e. The van der Waals surface area contributed by atoms with E-state index in [0.717, 1.165) is 34.3 Å². The summed E-state index contributed by atoms with van der Waals surface area (Å²) in [4.78, 5) is 14.5. The van der Waals surface area contributed by atoms with E-state index < -0.39 is 0 Å². The number of carbonyl (C=O) groups is 1. The molecule has 0 aliphatic heterocycles. The van der Waals surface area contributed by atoms with E-state index in [1.54, 1.807) is 6.92 Å². The van der Waals surface area contributed by atoms with Crippen LogP contribution < -0.4 is 4.74 Å². The molecular weight excluding hydrogens is 334 g/mol. The average Bonchev–Trinajstić information content (AvgIpc) is 3.02. The Labute approximate surface area is 161 Å². The summed E-state index contributed by atoms with van der Waals surface area (Å²) in [6.45, 7) is 8.52. The number of hydrogen-bond donors (Lipinski definition) is 1. The van der Waals surface area contributed by atoms with Crippen LogP contribution in [0.1, 0.15) is 49.6 Å². The van der Waals surface area contributed by atoms with E-state index in [1.165, 1.54) is 16.7 Å². The number of nitrogens with one attached hydrogen (secondary N) is 1. The second-order valence-electron chi connectivity index (χ2n) is 7.45.